The summed E-state index contributed by atoms with van der Waals surface area (Å²) in [6.07, 6.45) is 1.66. The molecule has 1 aliphatic rings. The minimum absolute atomic E-state index is 0.0587. The summed E-state index contributed by atoms with van der Waals surface area (Å²) in [4.78, 5) is 30.9. The van der Waals surface area contributed by atoms with Gasteiger partial charge in [0.25, 0.3) is 0 Å². The maximum Gasteiger partial charge on any atom is 0.317 e. The van der Waals surface area contributed by atoms with Crippen molar-refractivity contribution in [2.75, 3.05) is 39.9 Å². The summed E-state index contributed by atoms with van der Waals surface area (Å²) >= 11 is 1.72. The highest BCUT2D eigenvalue weighted by atomic mass is 32.1. The molecule has 7 nitrogen and oxygen atoms in total. The summed E-state index contributed by atoms with van der Waals surface area (Å²) in [7, 11) is 1.61. The van der Waals surface area contributed by atoms with E-state index in [1.54, 1.807) is 23.3 Å². The zero-order valence-electron chi connectivity index (χ0n) is 20.0. The summed E-state index contributed by atoms with van der Waals surface area (Å²) in [5.41, 5.74) is 1.13. The van der Waals surface area contributed by atoms with Crippen molar-refractivity contribution in [3.05, 3.63) is 46.2 Å². The van der Waals surface area contributed by atoms with Gasteiger partial charge in [-0.25, -0.2) is 4.79 Å². The minimum atomic E-state index is -0.210. The lowest BCUT2D eigenvalue weighted by Crippen LogP contribution is -2.50. The van der Waals surface area contributed by atoms with Crippen LogP contribution in [0.2, 0.25) is 0 Å². The minimum Gasteiger partial charge on any atom is -0.493 e. The first-order valence-corrected chi connectivity index (χ1v) is 12.5. The first kappa shape index (κ1) is 24.9. The number of nitrogens with zero attached hydrogens (tertiary/aromatic N) is 2. The number of rotatable bonds is 10. The molecule has 0 unspecified atom stereocenters. The third kappa shape index (κ3) is 6.41. The second kappa shape index (κ2) is 11.9. The van der Waals surface area contributed by atoms with E-state index in [-0.39, 0.29) is 24.5 Å². The van der Waals surface area contributed by atoms with Crippen molar-refractivity contribution in [1.82, 2.24) is 15.1 Å². The van der Waals surface area contributed by atoms with E-state index in [4.69, 9.17) is 9.47 Å². The quantitative estimate of drug-likeness (QED) is 0.557. The van der Waals surface area contributed by atoms with Crippen molar-refractivity contribution in [1.29, 1.82) is 0 Å². The number of carbonyl (C=O) groups excluding carboxylic acids is 2. The van der Waals surface area contributed by atoms with Crippen molar-refractivity contribution in [3.8, 4) is 11.5 Å². The molecule has 3 amide bonds. The van der Waals surface area contributed by atoms with Crippen LogP contribution in [0.1, 0.15) is 43.7 Å². The highest BCUT2D eigenvalue weighted by Gasteiger charge is 2.33. The molecule has 0 saturated carbocycles. The zero-order valence-corrected chi connectivity index (χ0v) is 20.8. The Bertz CT molecular complexity index is 930. The molecule has 8 heteroatoms. The third-order valence-corrected chi connectivity index (χ3v) is 6.80. The van der Waals surface area contributed by atoms with Gasteiger partial charge in [-0.15, -0.1) is 11.3 Å². The van der Waals surface area contributed by atoms with E-state index in [1.807, 2.05) is 36.1 Å². The van der Waals surface area contributed by atoms with Gasteiger partial charge in [-0.05, 0) is 54.8 Å². The average Bonchev–Trinajstić information content (AvgIpc) is 3.29. The fourth-order valence-corrected chi connectivity index (χ4v) is 4.89. The topological polar surface area (TPSA) is 71.1 Å². The molecule has 0 radical (unpaired) electrons. The van der Waals surface area contributed by atoms with Crippen LogP contribution in [0.4, 0.5) is 4.79 Å². The van der Waals surface area contributed by atoms with Gasteiger partial charge in [-0.3, -0.25) is 4.79 Å². The van der Waals surface area contributed by atoms with E-state index >= 15 is 0 Å². The SMILES string of the molecule is CCNC(=O)N(CCC(C)C)CC(=O)N1CCc2sccc2[C@@H]1COc1ccccc1OC. The van der Waals surface area contributed by atoms with Crippen molar-refractivity contribution in [2.45, 2.75) is 39.7 Å². The number of hydrogen-bond acceptors (Lipinski definition) is 5. The summed E-state index contributed by atoms with van der Waals surface area (Å²) < 4.78 is 11.5. The number of benzene rings is 1. The van der Waals surface area contributed by atoms with E-state index in [0.29, 0.717) is 43.7 Å². The number of nitrogens with one attached hydrogen (secondary N) is 1. The third-order valence-electron chi connectivity index (χ3n) is 5.80. The fourth-order valence-electron chi connectivity index (χ4n) is 3.96. The molecule has 0 bridgehead atoms. The summed E-state index contributed by atoms with van der Waals surface area (Å²) in [6, 6.07) is 9.19. The van der Waals surface area contributed by atoms with Crippen LogP contribution >= 0.6 is 11.3 Å². The Labute approximate surface area is 200 Å². The van der Waals surface area contributed by atoms with Crippen LogP contribution in [0, 0.1) is 5.92 Å². The van der Waals surface area contributed by atoms with Gasteiger partial charge in [0.2, 0.25) is 5.91 Å². The standard InChI is InChI=1S/C25H35N3O4S/c1-5-26-25(30)27(13-10-18(2)3)16-24(29)28-14-11-23-19(12-15-33-23)20(28)17-32-22-9-7-6-8-21(22)31-4/h6-9,12,15,18,20H,5,10-11,13-14,16-17H2,1-4H3,(H,26,30)/t20-/m0/s1. The molecular weight excluding hydrogens is 438 g/mol. The molecule has 0 aliphatic carbocycles. The molecule has 33 heavy (non-hydrogen) atoms. The van der Waals surface area contributed by atoms with E-state index in [9.17, 15) is 9.59 Å². The van der Waals surface area contributed by atoms with Crippen molar-refractivity contribution in [3.63, 3.8) is 0 Å². The Morgan fingerprint density at radius 3 is 2.70 bits per heavy atom. The van der Waals surface area contributed by atoms with Crippen LogP contribution in [-0.4, -0.2) is 61.6 Å². The monoisotopic (exact) mass is 473 g/mol. The number of ether oxygens (including phenoxy) is 2. The fraction of sp³-hybridized carbons (Fsp3) is 0.520. The summed E-state index contributed by atoms with van der Waals surface area (Å²) in [6.45, 7) is 8.19. The van der Waals surface area contributed by atoms with Crippen LogP contribution in [-0.2, 0) is 11.2 Å². The van der Waals surface area contributed by atoms with E-state index in [0.717, 1.165) is 18.4 Å². The molecule has 0 spiro atoms. The van der Waals surface area contributed by atoms with Crippen LogP contribution in [0.5, 0.6) is 11.5 Å². The molecule has 1 aromatic heterocycles. The van der Waals surface area contributed by atoms with E-state index < -0.39 is 0 Å². The zero-order chi connectivity index (χ0) is 23.8. The largest absolute Gasteiger partial charge is 0.493 e. The van der Waals surface area contributed by atoms with Gasteiger partial charge in [0.05, 0.1) is 13.2 Å². The Morgan fingerprint density at radius 1 is 1.24 bits per heavy atom. The lowest BCUT2D eigenvalue weighted by atomic mass is 10.0. The Kier molecular flexibility index (Phi) is 9.00. The van der Waals surface area contributed by atoms with Crippen LogP contribution in [0.15, 0.2) is 35.7 Å². The van der Waals surface area contributed by atoms with Crippen LogP contribution in [0.3, 0.4) is 0 Å². The number of fused-ring (bicyclic) bond motifs is 1. The van der Waals surface area contributed by atoms with E-state index in [1.165, 1.54) is 4.88 Å². The van der Waals surface area contributed by atoms with E-state index in [2.05, 4.69) is 30.6 Å². The van der Waals surface area contributed by atoms with Gasteiger partial charge in [-0.1, -0.05) is 26.0 Å². The highest BCUT2D eigenvalue weighted by molar-refractivity contribution is 7.10. The number of amides is 3. The number of carbonyl (C=O) groups is 2. The molecule has 1 aromatic carbocycles. The lowest BCUT2D eigenvalue weighted by molar-refractivity contribution is -0.135. The second-order valence-electron chi connectivity index (χ2n) is 8.55. The number of methoxy groups -OCH3 is 1. The molecule has 180 valence electrons. The second-order valence-corrected chi connectivity index (χ2v) is 9.55. The number of urea groups is 1. The normalized spacial score (nSPS) is 15.2. The maximum atomic E-state index is 13.5. The van der Waals surface area contributed by atoms with Crippen LogP contribution in [0.25, 0.3) is 0 Å². The molecule has 1 atom stereocenters. The highest BCUT2D eigenvalue weighted by Crippen LogP contribution is 2.35. The summed E-state index contributed by atoms with van der Waals surface area (Å²) in [5, 5.41) is 4.91. The number of hydrogen-bond donors (Lipinski definition) is 1. The predicted octanol–water partition coefficient (Wildman–Crippen LogP) is 4.34. The van der Waals surface area contributed by atoms with Gasteiger partial charge >= 0.3 is 6.03 Å². The molecule has 3 rings (SSSR count). The molecular formula is C25H35N3O4S. The smallest absolute Gasteiger partial charge is 0.317 e. The Morgan fingerprint density at radius 2 is 2.00 bits per heavy atom. The molecule has 1 aliphatic heterocycles. The molecule has 2 heterocycles. The first-order valence-electron chi connectivity index (χ1n) is 11.6. The lowest BCUT2D eigenvalue weighted by Gasteiger charge is -2.37. The molecule has 0 saturated heterocycles. The molecule has 1 N–H and O–H groups in total. The average molecular weight is 474 g/mol. The van der Waals surface area contributed by atoms with Crippen molar-refractivity contribution < 1.29 is 19.1 Å². The van der Waals surface area contributed by atoms with Gasteiger partial charge in [0, 0.05) is 24.5 Å². The van der Waals surface area contributed by atoms with Crippen LogP contribution < -0.4 is 14.8 Å². The Hall–Kier alpha value is -2.74. The van der Waals surface area contributed by atoms with Gasteiger partial charge in [-0.2, -0.15) is 0 Å². The van der Waals surface area contributed by atoms with Gasteiger partial charge in [0.15, 0.2) is 11.5 Å². The van der Waals surface area contributed by atoms with Gasteiger partial charge in [0.1, 0.15) is 13.2 Å². The molecule has 2 aromatic rings. The number of thiophene rings is 1. The predicted molar refractivity (Wildman–Crippen MR) is 131 cm³/mol. The Balaban J connectivity index is 1.77. The number of para-hydroxylation sites is 2. The van der Waals surface area contributed by atoms with Gasteiger partial charge < -0.3 is 24.6 Å². The van der Waals surface area contributed by atoms with Crippen molar-refractivity contribution in [2.24, 2.45) is 5.92 Å². The maximum absolute atomic E-state index is 13.5. The first-order chi connectivity index (χ1) is 15.9. The molecule has 0 fully saturated rings. The van der Waals surface area contributed by atoms with Crippen molar-refractivity contribution >= 4 is 23.3 Å². The summed E-state index contributed by atoms with van der Waals surface area (Å²) in [5.74, 6) is 1.70.